The van der Waals surface area contributed by atoms with Crippen molar-refractivity contribution >= 4 is 26.8 Å². The number of halogens is 3. The zero-order valence-electron chi connectivity index (χ0n) is 16.8. The summed E-state index contributed by atoms with van der Waals surface area (Å²) < 4.78 is 85.9. The Kier molecular flexibility index (Phi) is 5.34. The third-order valence-corrected chi connectivity index (χ3v) is 6.93. The molecular weight excluding hydrogens is 459 g/mol. The van der Waals surface area contributed by atoms with Crippen LogP contribution in [0.3, 0.4) is 0 Å². The van der Waals surface area contributed by atoms with Crippen LogP contribution in [0.1, 0.15) is 43.7 Å². The normalized spacial score (nSPS) is 26.5. The van der Waals surface area contributed by atoms with E-state index in [4.69, 9.17) is 18.9 Å². The smallest absolute Gasteiger partial charge is 0.459 e. The summed E-state index contributed by atoms with van der Waals surface area (Å²) >= 11 is 0. The molecule has 0 spiro atoms. The van der Waals surface area contributed by atoms with E-state index in [0.717, 1.165) is 13.0 Å². The lowest BCUT2D eigenvalue weighted by Gasteiger charge is -2.41. The summed E-state index contributed by atoms with van der Waals surface area (Å²) in [4.78, 5) is 27.0. The van der Waals surface area contributed by atoms with Gasteiger partial charge in [-0.15, -0.1) is 0 Å². The zero-order valence-corrected chi connectivity index (χ0v) is 17.7. The van der Waals surface area contributed by atoms with E-state index in [2.05, 4.69) is 4.99 Å². The summed E-state index contributed by atoms with van der Waals surface area (Å²) in [5.41, 5.74) is -5.58. The van der Waals surface area contributed by atoms with Gasteiger partial charge in [0.25, 0.3) is 9.84 Å². The summed E-state index contributed by atoms with van der Waals surface area (Å²) in [6, 6.07) is 1.62. The molecule has 4 rings (SSSR count). The van der Waals surface area contributed by atoms with Crippen LogP contribution in [0.2, 0.25) is 0 Å². The number of rotatable bonds is 2. The first kappa shape index (κ1) is 22.4. The monoisotopic (exact) mass is 477 g/mol. The minimum atomic E-state index is -5.79. The molecule has 0 unspecified atom stereocenters. The molecular formula is C19H18F3NO8S. The number of ether oxygens (including phenoxy) is 4. The SMILES string of the molecule is CC(=O)O[C@H]1C[C@@H]2N=C(S(=O)(=O)C(F)(F)F)c3cc4c(cc3[C@H]2C[C@@H]1OC(C)=O)OCO4. The summed E-state index contributed by atoms with van der Waals surface area (Å²) in [5, 5.41) is -1.13. The molecule has 13 heteroatoms. The lowest BCUT2D eigenvalue weighted by molar-refractivity contribution is -0.170. The molecule has 1 fully saturated rings. The molecule has 0 aromatic heterocycles. The van der Waals surface area contributed by atoms with Crippen LogP contribution in [0, 0.1) is 0 Å². The maximum absolute atomic E-state index is 13.4. The fraction of sp³-hybridized carbons (Fsp3) is 0.526. The van der Waals surface area contributed by atoms with E-state index in [9.17, 15) is 31.2 Å². The quantitative estimate of drug-likeness (QED) is 0.595. The second kappa shape index (κ2) is 7.64. The average Bonchev–Trinajstić information content (AvgIpc) is 3.12. The summed E-state index contributed by atoms with van der Waals surface area (Å²) in [6.07, 6.45) is -1.95. The molecule has 1 aliphatic carbocycles. The number of sulfone groups is 1. The van der Waals surface area contributed by atoms with Crippen LogP contribution in [0.15, 0.2) is 17.1 Å². The average molecular weight is 477 g/mol. The molecule has 0 amide bonds. The molecule has 0 bridgehead atoms. The molecule has 9 nitrogen and oxygen atoms in total. The second-order valence-electron chi connectivity index (χ2n) is 7.62. The van der Waals surface area contributed by atoms with Gasteiger partial charge in [0.1, 0.15) is 12.2 Å². The first-order chi connectivity index (χ1) is 14.9. The molecule has 0 radical (unpaired) electrons. The maximum Gasteiger partial charge on any atom is 0.503 e. The highest BCUT2D eigenvalue weighted by atomic mass is 32.2. The fourth-order valence-electron chi connectivity index (χ4n) is 4.26. The highest BCUT2D eigenvalue weighted by Crippen LogP contribution is 2.47. The van der Waals surface area contributed by atoms with Crippen molar-refractivity contribution in [1.82, 2.24) is 0 Å². The van der Waals surface area contributed by atoms with E-state index in [1.807, 2.05) is 0 Å². The standard InChI is InChI=1S/C19H18F3NO8S/c1-8(24)30-16-4-11-10-3-14-15(29-7-28-14)5-12(10)18(32(26,27)19(20,21)22)23-13(11)6-17(16)31-9(2)25/h3,5,11,13,16-17H,4,6-7H2,1-2H3/t11-,13+,16+,17+/m1/s1. The van der Waals surface area contributed by atoms with Crippen LogP contribution in [-0.2, 0) is 28.9 Å². The van der Waals surface area contributed by atoms with Crippen LogP contribution in [0.25, 0.3) is 0 Å². The Hall–Kier alpha value is -2.83. The van der Waals surface area contributed by atoms with Crippen molar-refractivity contribution in [3.05, 3.63) is 23.3 Å². The molecule has 4 atom stereocenters. The first-order valence-electron chi connectivity index (χ1n) is 9.56. The number of alkyl halides is 3. The molecule has 32 heavy (non-hydrogen) atoms. The van der Waals surface area contributed by atoms with Gasteiger partial charge in [-0.1, -0.05) is 0 Å². The minimum Gasteiger partial charge on any atom is -0.459 e. The molecule has 174 valence electrons. The van der Waals surface area contributed by atoms with Gasteiger partial charge in [0.05, 0.1) is 6.04 Å². The van der Waals surface area contributed by atoms with Gasteiger partial charge in [0.2, 0.25) is 6.79 Å². The number of nitrogens with zero attached hydrogens (tertiary/aromatic N) is 1. The molecule has 2 heterocycles. The number of carbonyl (C=O) groups is 2. The van der Waals surface area contributed by atoms with E-state index in [1.54, 1.807) is 0 Å². The largest absolute Gasteiger partial charge is 0.503 e. The van der Waals surface area contributed by atoms with Crippen molar-refractivity contribution in [2.75, 3.05) is 6.79 Å². The third-order valence-electron chi connectivity index (χ3n) is 5.49. The Balaban J connectivity index is 1.84. The molecule has 1 aromatic carbocycles. The highest BCUT2D eigenvalue weighted by molar-refractivity contribution is 8.07. The maximum atomic E-state index is 13.4. The van der Waals surface area contributed by atoms with Crippen molar-refractivity contribution in [3.8, 4) is 11.5 Å². The Morgan fingerprint density at radius 2 is 1.59 bits per heavy atom. The zero-order chi connectivity index (χ0) is 23.4. The van der Waals surface area contributed by atoms with Gasteiger partial charge in [0.15, 0.2) is 16.5 Å². The second-order valence-corrected chi connectivity index (χ2v) is 9.47. The van der Waals surface area contributed by atoms with Gasteiger partial charge in [-0.3, -0.25) is 14.6 Å². The van der Waals surface area contributed by atoms with Gasteiger partial charge < -0.3 is 18.9 Å². The van der Waals surface area contributed by atoms with Gasteiger partial charge >= 0.3 is 17.4 Å². The number of hydrogen-bond acceptors (Lipinski definition) is 9. The first-order valence-corrected chi connectivity index (χ1v) is 11.0. The summed E-state index contributed by atoms with van der Waals surface area (Å²) in [7, 11) is -5.79. The van der Waals surface area contributed by atoms with Gasteiger partial charge in [0, 0.05) is 31.7 Å². The number of esters is 2. The number of aliphatic imine (C=N–C) groups is 1. The molecule has 1 saturated carbocycles. The van der Waals surface area contributed by atoms with Crippen LogP contribution in [0.5, 0.6) is 11.5 Å². The molecule has 0 saturated heterocycles. The van der Waals surface area contributed by atoms with Gasteiger partial charge in [-0.2, -0.15) is 13.2 Å². The van der Waals surface area contributed by atoms with Crippen molar-refractivity contribution < 1.29 is 50.1 Å². The van der Waals surface area contributed by atoms with Crippen molar-refractivity contribution in [2.24, 2.45) is 4.99 Å². The number of carbonyl (C=O) groups excluding carboxylic acids is 2. The molecule has 3 aliphatic rings. The van der Waals surface area contributed by atoms with Crippen LogP contribution in [0.4, 0.5) is 13.2 Å². The number of fused-ring (bicyclic) bond motifs is 4. The van der Waals surface area contributed by atoms with Gasteiger partial charge in [-0.25, -0.2) is 8.42 Å². The van der Waals surface area contributed by atoms with Crippen LogP contribution < -0.4 is 9.47 Å². The highest BCUT2D eigenvalue weighted by Gasteiger charge is 2.54. The predicted molar refractivity (Wildman–Crippen MR) is 101 cm³/mol. The Labute approximate surface area is 180 Å². The van der Waals surface area contributed by atoms with E-state index < -0.39 is 56.5 Å². The van der Waals surface area contributed by atoms with Crippen molar-refractivity contribution in [2.45, 2.75) is 56.4 Å². The molecule has 0 N–H and O–H groups in total. The number of hydrogen-bond donors (Lipinski definition) is 0. The Morgan fingerprint density at radius 3 is 2.16 bits per heavy atom. The van der Waals surface area contributed by atoms with Gasteiger partial charge in [-0.05, 0) is 24.1 Å². The minimum absolute atomic E-state index is 0.0533. The summed E-state index contributed by atoms with van der Waals surface area (Å²) in [6.45, 7) is 2.14. The summed E-state index contributed by atoms with van der Waals surface area (Å²) in [5.74, 6) is -1.58. The molecule has 1 aromatic rings. The fourth-order valence-corrected chi connectivity index (χ4v) is 5.22. The van der Waals surface area contributed by atoms with E-state index in [-0.39, 0.29) is 42.3 Å². The van der Waals surface area contributed by atoms with Crippen molar-refractivity contribution in [1.29, 1.82) is 0 Å². The van der Waals surface area contributed by atoms with E-state index >= 15 is 0 Å². The Morgan fingerprint density at radius 1 is 1.03 bits per heavy atom. The molecule has 2 aliphatic heterocycles. The van der Waals surface area contributed by atoms with E-state index in [0.29, 0.717) is 0 Å². The predicted octanol–water partition coefficient (Wildman–Crippen LogP) is 2.22. The number of benzene rings is 1. The lowest BCUT2D eigenvalue weighted by Crippen LogP contribution is -2.47. The van der Waals surface area contributed by atoms with E-state index in [1.165, 1.54) is 13.0 Å². The van der Waals surface area contributed by atoms with Crippen LogP contribution in [-0.4, -0.2) is 56.0 Å². The lowest BCUT2D eigenvalue weighted by atomic mass is 9.74. The van der Waals surface area contributed by atoms with Crippen molar-refractivity contribution in [3.63, 3.8) is 0 Å². The topological polar surface area (TPSA) is 118 Å². The Bertz CT molecular complexity index is 1110. The third kappa shape index (κ3) is 3.78. The van der Waals surface area contributed by atoms with Crippen LogP contribution >= 0.6 is 0 Å².